The number of nitrogens with zero attached hydrogens (tertiary/aromatic N) is 2. The average molecular weight is 534 g/mol. The van der Waals surface area contributed by atoms with E-state index in [0.29, 0.717) is 39.5 Å². The summed E-state index contributed by atoms with van der Waals surface area (Å²) in [4.78, 5) is 31.3. The van der Waals surface area contributed by atoms with Gasteiger partial charge in [-0.3, -0.25) is 14.2 Å². The number of carbonyl (C=O) groups excluding carboxylic acids is 2. The Morgan fingerprint density at radius 3 is 1.95 bits per heavy atom. The molecule has 4 aromatic carbocycles. The number of hydrogen-bond acceptors (Lipinski definition) is 4. The van der Waals surface area contributed by atoms with Gasteiger partial charge in [-0.25, -0.2) is 0 Å². The van der Waals surface area contributed by atoms with E-state index in [0.717, 1.165) is 22.9 Å². The lowest BCUT2D eigenvalue weighted by molar-refractivity contribution is -0.137. The highest BCUT2D eigenvalue weighted by Crippen LogP contribution is 2.36. The van der Waals surface area contributed by atoms with Crippen LogP contribution in [-0.2, 0) is 6.18 Å². The van der Waals surface area contributed by atoms with E-state index in [-0.39, 0.29) is 22.9 Å². The number of halogens is 3. The number of benzene rings is 4. The average Bonchev–Trinajstić information content (AvgIpc) is 3.58. The fourth-order valence-corrected chi connectivity index (χ4v) is 5.07. The number of rotatable bonds is 3. The Labute approximate surface area is 224 Å². The van der Waals surface area contributed by atoms with Crippen molar-refractivity contribution in [2.75, 3.05) is 0 Å². The lowest BCUT2D eigenvalue weighted by Crippen LogP contribution is -2.04. The summed E-state index contributed by atoms with van der Waals surface area (Å²) in [7, 11) is 0. The zero-order valence-corrected chi connectivity index (χ0v) is 20.6. The molecule has 0 atom stereocenters. The molecule has 6 aromatic rings. The Bertz CT molecular complexity index is 1960. The van der Waals surface area contributed by atoms with Crippen LogP contribution in [0.2, 0.25) is 0 Å². The summed E-state index contributed by atoms with van der Waals surface area (Å²) in [5.74, 6) is -0.110. The van der Waals surface area contributed by atoms with Gasteiger partial charge in [0, 0.05) is 28.4 Å². The SMILES string of the molecule is O=C1C(=Cc2nc3oc(-c4ccc(C(F)(F)F)cc4)cc3n2-c2ccccc2)C(=O)c2cc3ccccc3cc21. The number of imidazole rings is 1. The highest BCUT2D eigenvalue weighted by atomic mass is 19.4. The Morgan fingerprint density at radius 2 is 1.35 bits per heavy atom. The molecule has 194 valence electrons. The molecule has 1 aliphatic rings. The monoisotopic (exact) mass is 534 g/mol. The molecule has 40 heavy (non-hydrogen) atoms. The van der Waals surface area contributed by atoms with Gasteiger partial charge in [-0.05, 0) is 53.2 Å². The van der Waals surface area contributed by atoms with E-state index >= 15 is 0 Å². The van der Waals surface area contributed by atoms with Gasteiger partial charge in [-0.2, -0.15) is 18.2 Å². The van der Waals surface area contributed by atoms with E-state index in [9.17, 15) is 22.8 Å². The topological polar surface area (TPSA) is 65.1 Å². The van der Waals surface area contributed by atoms with Crippen molar-refractivity contribution >= 4 is 39.6 Å². The predicted octanol–water partition coefficient (Wildman–Crippen LogP) is 7.92. The largest absolute Gasteiger partial charge is 0.436 e. The van der Waals surface area contributed by atoms with E-state index < -0.39 is 11.7 Å². The third kappa shape index (κ3) is 3.76. The van der Waals surface area contributed by atoms with Crippen LogP contribution >= 0.6 is 0 Å². The van der Waals surface area contributed by atoms with Crippen molar-refractivity contribution in [1.82, 2.24) is 9.55 Å². The van der Waals surface area contributed by atoms with E-state index in [1.807, 2.05) is 54.6 Å². The van der Waals surface area contributed by atoms with Crippen LogP contribution in [-0.4, -0.2) is 21.1 Å². The lowest BCUT2D eigenvalue weighted by atomic mass is 10.0. The first-order chi connectivity index (χ1) is 19.3. The maximum atomic E-state index is 13.4. The second-order valence-corrected chi connectivity index (χ2v) is 9.48. The van der Waals surface area contributed by atoms with Crippen LogP contribution in [0.3, 0.4) is 0 Å². The van der Waals surface area contributed by atoms with Crippen LogP contribution in [0, 0.1) is 0 Å². The quantitative estimate of drug-likeness (QED) is 0.171. The number of fused-ring (bicyclic) bond motifs is 3. The summed E-state index contributed by atoms with van der Waals surface area (Å²) in [5, 5.41) is 1.73. The second kappa shape index (κ2) is 8.64. The number of para-hydroxylation sites is 1. The molecule has 1 aliphatic carbocycles. The number of aromatic nitrogens is 2. The molecular formula is C32H17F3N2O3. The lowest BCUT2D eigenvalue weighted by Gasteiger charge is -2.07. The number of carbonyl (C=O) groups is 2. The molecule has 0 fully saturated rings. The third-order valence-corrected chi connectivity index (χ3v) is 7.03. The highest BCUT2D eigenvalue weighted by molar-refractivity contribution is 6.42. The summed E-state index contributed by atoms with van der Waals surface area (Å²) >= 11 is 0. The van der Waals surface area contributed by atoms with Gasteiger partial charge in [0.05, 0.1) is 11.1 Å². The van der Waals surface area contributed by atoms with Crippen LogP contribution in [0.15, 0.2) is 107 Å². The van der Waals surface area contributed by atoms with Crippen molar-refractivity contribution in [2.24, 2.45) is 0 Å². The van der Waals surface area contributed by atoms with Crippen LogP contribution in [0.1, 0.15) is 32.1 Å². The van der Waals surface area contributed by atoms with E-state index in [2.05, 4.69) is 4.98 Å². The van der Waals surface area contributed by atoms with Gasteiger partial charge in [-0.1, -0.05) is 54.6 Å². The van der Waals surface area contributed by atoms with Crippen molar-refractivity contribution in [1.29, 1.82) is 0 Å². The molecule has 0 bridgehead atoms. The van der Waals surface area contributed by atoms with Gasteiger partial charge in [0.1, 0.15) is 17.1 Å². The minimum Gasteiger partial charge on any atom is -0.436 e. The Morgan fingerprint density at radius 1 is 0.750 bits per heavy atom. The molecule has 0 N–H and O–H groups in total. The van der Waals surface area contributed by atoms with Crippen LogP contribution in [0.25, 0.3) is 45.1 Å². The van der Waals surface area contributed by atoms with Crippen molar-refractivity contribution in [3.8, 4) is 17.0 Å². The number of furan rings is 1. The maximum absolute atomic E-state index is 13.4. The summed E-state index contributed by atoms with van der Waals surface area (Å²) in [5.41, 5.74) is 1.85. The first-order valence-electron chi connectivity index (χ1n) is 12.4. The second-order valence-electron chi connectivity index (χ2n) is 9.48. The Balaban J connectivity index is 1.35. The normalized spacial score (nSPS) is 13.4. The van der Waals surface area contributed by atoms with Crippen molar-refractivity contribution in [2.45, 2.75) is 6.18 Å². The molecular weight excluding hydrogens is 517 g/mol. The zero-order valence-electron chi connectivity index (χ0n) is 20.6. The standard InChI is InChI=1S/C32H17F3N2O3/c33-32(34,35)21-12-10-18(11-13-21)27-17-26-31(40-27)36-28(37(26)22-8-2-1-3-9-22)16-25-29(38)23-14-19-6-4-5-7-20(19)15-24(23)30(25)39/h1-17H. The minimum atomic E-state index is -4.44. The fraction of sp³-hybridized carbons (Fsp3) is 0.0312. The number of Topliss-reactive ketones (excluding diaryl/α,β-unsaturated/α-hetero) is 2. The van der Waals surface area contributed by atoms with Gasteiger partial charge in [0.2, 0.25) is 5.71 Å². The summed E-state index contributed by atoms with van der Waals surface area (Å²) in [6.07, 6.45) is -2.97. The number of ketones is 2. The molecule has 0 unspecified atom stereocenters. The van der Waals surface area contributed by atoms with Crippen LogP contribution in [0.5, 0.6) is 0 Å². The molecule has 8 heteroatoms. The van der Waals surface area contributed by atoms with Crippen LogP contribution < -0.4 is 0 Å². The number of allylic oxidation sites excluding steroid dienone is 1. The molecule has 2 aromatic heterocycles. The van der Waals surface area contributed by atoms with Gasteiger partial charge >= 0.3 is 6.18 Å². The molecule has 0 aliphatic heterocycles. The highest BCUT2D eigenvalue weighted by Gasteiger charge is 2.34. The van der Waals surface area contributed by atoms with Crippen molar-refractivity contribution in [3.63, 3.8) is 0 Å². The zero-order chi connectivity index (χ0) is 27.6. The molecule has 2 heterocycles. The number of alkyl halides is 3. The van der Waals surface area contributed by atoms with Gasteiger partial charge in [-0.15, -0.1) is 0 Å². The smallest absolute Gasteiger partial charge is 0.416 e. The van der Waals surface area contributed by atoms with Gasteiger partial charge in [0.15, 0.2) is 11.6 Å². The summed E-state index contributed by atoms with van der Waals surface area (Å²) in [6, 6.07) is 26.5. The molecule has 0 radical (unpaired) electrons. The third-order valence-electron chi connectivity index (χ3n) is 7.03. The van der Waals surface area contributed by atoms with Crippen molar-refractivity contribution < 1.29 is 27.2 Å². The molecule has 0 amide bonds. The van der Waals surface area contributed by atoms with E-state index in [4.69, 9.17) is 4.42 Å². The van der Waals surface area contributed by atoms with E-state index in [1.54, 1.807) is 22.8 Å². The van der Waals surface area contributed by atoms with Gasteiger partial charge in [0.25, 0.3) is 0 Å². The molecule has 0 spiro atoms. The molecule has 5 nitrogen and oxygen atoms in total. The van der Waals surface area contributed by atoms with Crippen molar-refractivity contribution in [3.05, 3.63) is 125 Å². The Kier molecular flexibility index (Phi) is 5.15. The minimum absolute atomic E-state index is 0.00176. The summed E-state index contributed by atoms with van der Waals surface area (Å²) in [6.45, 7) is 0. The molecule has 0 saturated heterocycles. The first-order valence-corrected chi connectivity index (χ1v) is 12.4. The molecule has 7 rings (SSSR count). The maximum Gasteiger partial charge on any atom is 0.416 e. The fourth-order valence-electron chi connectivity index (χ4n) is 5.07. The number of hydrogen-bond donors (Lipinski definition) is 0. The van der Waals surface area contributed by atoms with E-state index in [1.165, 1.54) is 18.2 Å². The summed E-state index contributed by atoms with van der Waals surface area (Å²) < 4.78 is 46.7. The Hall–Kier alpha value is -5.24. The van der Waals surface area contributed by atoms with Crippen LogP contribution in [0.4, 0.5) is 13.2 Å². The van der Waals surface area contributed by atoms with Gasteiger partial charge < -0.3 is 4.42 Å². The predicted molar refractivity (Wildman–Crippen MR) is 144 cm³/mol. The first kappa shape index (κ1) is 23.8. The molecule has 0 saturated carbocycles.